The quantitative estimate of drug-likeness (QED) is 0.419. The van der Waals surface area contributed by atoms with Gasteiger partial charge in [-0.25, -0.2) is 15.0 Å². The molecule has 128 valence electrons. The third kappa shape index (κ3) is 3.33. The molecule has 2 heterocycles. The maximum Gasteiger partial charge on any atom is 0.187 e. The molecule has 3 rings (SSSR count). The number of rotatable bonds is 5. The van der Waals surface area contributed by atoms with Crippen LogP contribution in [0.3, 0.4) is 0 Å². The molecule has 0 saturated heterocycles. The zero-order chi connectivity index (χ0) is 17.9. The van der Waals surface area contributed by atoms with Crippen LogP contribution in [-0.2, 0) is 5.60 Å². The molecule has 0 spiro atoms. The van der Waals surface area contributed by atoms with E-state index in [4.69, 9.17) is 16.3 Å². The highest BCUT2D eigenvalue weighted by molar-refractivity contribution is 7.98. The molecular weight excluding hydrogens is 358 g/mol. The van der Waals surface area contributed by atoms with Crippen LogP contribution in [0.25, 0.3) is 0 Å². The topological polar surface area (TPSA) is 68.1 Å². The number of aliphatic hydroxyl groups is 1. The lowest BCUT2D eigenvalue weighted by Crippen LogP contribution is -2.31. The predicted octanol–water partition coefficient (Wildman–Crippen LogP) is 3.54. The number of ether oxygens (including phenoxy) is 1. The summed E-state index contributed by atoms with van der Waals surface area (Å²) >= 11 is 7.69. The van der Waals surface area contributed by atoms with E-state index in [2.05, 4.69) is 15.0 Å². The summed E-state index contributed by atoms with van der Waals surface area (Å²) in [6.45, 7) is 0. The number of benzene rings is 1. The molecule has 0 aliphatic heterocycles. The van der Waals surface area contributed by atoms with Crippen LogP contribution in [-0.4, -0.2) is 33.4 Å². The van der Waals surface area contributed by atoms with Gasteiger partial charge in [0, 0.05) is 18.0 Å². The number of hydrogen-bond donors (Lipinski definition) is 1. The van der Waals surface area contributed by atoms with E-state index >= 15 is 0 Å². The summed E-state index contributed by atoms with van der Waals surface area (Å²) in [5.41, 5.74) is -0.0844. The highest BCUT2D eigenvalue weighted by atomic mass is 35.5. The highest BCUT2D eigenvalue weighted by Gasteiger charge is 2.38. The van der Waals surface area contributed by atoms with E-state index in [0.29, 0.717) is 27.7 Å². The lowest BCUT2D eigenvalue weighted by Gasteiger charge is -2.29. The number of pyridine rings is 1. The lowest BCUT2D eigenvalue weighted by atomic mass is 9.84. The monoisotopic (exact) mass is 373 g/mol. The third-order valence-corrected chi connectivity index (χ3v) is 4.71. The Balaban J connectivity index is 2.25. The summed E-state index contributed by atoms with van der Waals surface area (Å²) in [6.07, 6.45) is 5.07. The van der Waals surface area contributed by atoms with E-state index in [1.807, 2.05) is 6.26 Å². The first-order chi connectivity index (χ1) is 12.1. The fourth-order valence-corrected chi connectivity index (χ4v) is 3.18. The fraction of sp³-hybridized carbons (Fsp3) is 0.167. The summed E-state index contributed by atoms with van der Waals surface area (Å²) in [7, 11) is 1.59. The Morgan fingerprint density at radius 1 is 1.08 bits per heavy atom. The van der Waals surface area contributed by atoms with E-state index in [1.54, 1.807) is 62.0 Å². The van der Waals surface area contributed by atoms with Crippen LogP contribution < -0.4 is 4.74 Å². The first-order valence-corrected chi connectivity index (χ1v) is 9.05. The molecule has 1 N–H and O–H groups in total. The fourth-order valence-electron chi connectivity index (χ4n) is 2.57. The van der Waals surface area contributed by atoms with E-state index in [0.717, 1.165) is 0 Å². The Hall–Kier alpha value is -2.15. The summed E-state index contributed by atoms with van der Waals surface area (Å²) in [5, 5.41) is 12.5. The number of methoxy groups -OCH3 is 1. The second-order valence-electron chi connectivity index (χ2n) is 5.21. The zero-order valence-electron chi connectivity index (χ0n) is 13.7. The second-order valence-corrected chi connectivity index (χ2v) is 6.34. The Morgan fingerprint density at radius 2 is 1.84 bits per heavy atom. The molecule has 0 fully saturated rings. The standard InChI is InChI=1S/C18H16ClN3O2S/c1-24-13-7-5-12(6-8-13)18(23,14-4-3-10-20-16(14)19)15-9-11-21-17(22-15)25-2/h3-11,23H,1-2H3. The first kappa shape index (κ1) is 17.7. The van der Waals surface area contributed by atoms with Gasteiger partial charge >= 0.3 is 0 Å². The van der Waals surface area contributed by atoms with E-state index < -0.39 is 5.60 Å². The number of thioether (sulfide) groups is 1. The van der Waals surface area contributed by atoms with Crippen molar-refractivity contribution < 1.29 is 9.84 Å². The molecule has 7 heteroatoms. The maximum atomic E-state index is 11.7. The normalized spacial score (nSPS) is 13.3. The van der Waals surface area contributed by atoms with E-state index in [-0.39, 0.29) is 5.15 Å². The van der Waals surface area contributed by atoms with Crippen molar-refractivity contribution in [1.29, 1.82) is 0 Å². The van der Waals surface area contributed by atoms with Gasteiger partial charge in [0.15, 0.2) is 10.8 Å². The average molecular weight is 374 g/mol. The molecule has 1 atom stereocenters. The molecule has 0 aliphatic carbocycles. The van der Waals surface area contributed by atoms with Gasteiger partial charge in [0.05, 0.1) is 12.8 Å². The Kier molecular flexibility index (Phi) is 5.22. The van der Waals surface area contributed by atoms with Gasteiger partial charge in [0.2, 0.25) is 0 Å². The van der Waals surface area contributed by atoms with Crippen LogP contribution in [0.2, 0.25) is 5.15 Å². The van der Waals surface area contributed by atoms with E-state index in [9.17, 15) is 5.11 Å². The van der Waals surface area contributed by atoms with Gasteiger partial charge in [-0.05, 0) is 36.1 Å². The van der Waals surface area contributed by atoms with Crippen LogP contribution >= 0.6 is 23.4 Å². The number of hydrogen-bond acceptors (Lipinski definition) is 6. The number of aromatic nitrogens is 3. The molecule has 0 aliphatic rings. The molecule has 5 nitrogen and oxygen atoms in total. The van der Waals surface area contributed by atoms with Crippen molar-refractivity contribution in [3.63, 3.8) is 0 Å². The van der Waals surface area contributed by atoms with Gasteiger partial charge in [0.1, 0.15) is 10.9 Å². The molecular formula is C18H16ClN3O2S. The molecule has 0 saturated carbocycles. The molecule has 0 radical (unpaired) electrons. The minimum absolute atomic E-state index is 0.213. The van der Waals surface area contributed by atoms with Crippen LogP contribution in [0.1, 0.15) is 16.8 Å². The van der Waals surface area contributed by atoms with E-state index in [1.165, 1.54) is 11.8 Å². The van der Waals surface area contributed by atoms with Gasteiger partial charge in [-0.3, -0.25) is 0 Å². The van der Waals surface area contributed by atoms with Crippen molar-refractivity contribution >= 4 is 23.4 Å². The first-order valence-electron chi connectivity index (χ1n) is 7.45. The minimum Gasteiger partial charge on any atom is -0.497 e. The third-order valence-electron chi connectivity index (χ3n) is 3.84. The van der Waals surface area contributed by atoms with Crippen molar-refractivity contribution in [2.45, 2.75) is 10.8 Å². The molecule has 1 unspecified atom stereocenters. The molecule has 3 aromatic rings. The van der Waals surface area contributed by atoms with Gasteiger partial charge in [0.25, 0.3) is 0 Å². The molecule has 1 aromatic carbocycles. The van der Waals surface area contributed by atoms with Crippen molar-refractivity contribution in [2.75, 3.05) is 13.4 Å². The summed E-state index contributed by atoms with van der Waals surface area (Å²) in [6, 6.07) is 12.3. The van der Waals surface area contributed by atoms with Crippen molar-refractivity contribution in [3.8, 4) is 5.75 Å². The Bertz CT molecular complexity index is 876. The summed E-state index contributed by atoms with van der Waals surface area (Å²) in [5.74, 6) is 0.691. The number of nitrogens with zero attached hydrogens (tertiary/aromatic N) is 3. The van der Waals surface area contributed by atoms with Crippen molar-refractivity contribution in [1.82, 2.24) is 15.0 Å². The average Bonchev–Trinajstić information content (AvgIpc) is 2.68. The number of halogens is 1. The Morgan fingerprint density at radius 3 is 2.48 bits per heavy atom. The van der Waals surface area contributed by atoms with Crippen molar-refractivity contribution in [3.05, 3.63) is 76.8 Å². The van der Waals surface area contributed by atoms with Crippen LogP contribution in [0.5, 0.6) is 5.75 Å². The molecule has 2 aromatic heterocycles. The Labute approximate surface area is 155 Å². The minimum atomic E-state index is -1.56. The highest BCUT2D eigenvalue weighted by Crippen LogP contribution is 2.39. The summed E-state index contributed by atoms with van der Waals surface area (Å²) in [4.78, 5) is 12.8. The largest absolute Gasteiger partial charge is 0.497 e. The van der Waals surface area contributed by atoms with Gasteiger partial charge in [-0.15, -0.1) is 0 Å². The van der Waals surface area contributed by atoms with Crippen LogP contribution in [0.15, 0.2) is 60.0 Å². The van der Waals surface area contributed by atoms with Gasteiger partial charge in [-0.1, -0.05) is 41.6 Å². The van der Waals surface area contributed by atoms with Gasteiger partial charge < -0.3 is 9.84 Å². The van der Waals surface area contributed by atoms with Crippen LogP contribution in [0, 0.1) is 0 Å². The zero-order valence-corrected chi connectivity index (χ0v) is 15.3. The predicted molar refractivity (Wildman–Crippen MR) is 98.2 cm³/mol. The molecule has 0 bridgehead atoms. The SMILES string of the molecule is COc1ccc(C(O)(c2ccnc(SC)n2)c2cccnc2Cl)cc1. The smallest absolute Gasteiger partial charge is 0.187 e. The second kappa shape index (κ2) is 7.39. The van der Waals surface area contributed by atoms with Crippen LogP contribution in [0.4, 0.5) is 0 Å². The lowest BCUT2D eigenvalue weighted by molar-refractivity contribution is 0.119. The van der Waals surface area contributed by atoms with Gasteiger partial charge in [-0.2, -0.15) is 0 Å². The molecule has 25 heavy (non-hydrogen) atoms. The van der Waals surface area contributed by atoms with Crippen molar-refractivity contribution in [2.24, 2.45) is 0 Å². The molecule has 0 amide bonds. The maximum absolute atomic E-state index is 11.7. The summed E-state index contributed by atoms with van der Waals surface area (Å²) < 4.78 is 5.20.